The molecule has 3 nitrogen and oxygen atoms in total. The van der Waals surface area contributed by atoms with Gasteiger partial charge in [-0.1, -0.05) is 42.5 Å². The average molecular weight is 311 g/mol. The number of carbonyl (C=O) groups is 1. The van der Waals surface area contributed by atoms with E-state index in [-0.39, 0.29) is 11.9 Å². The Morgan fingerprint density at radius 1 is 1.09 bits per heavy atom. The summed E-state index contributed by atoms with van der Waals surface area (Å²) >= 11 is 0. The first-order chi connectivity index (χ1) is 11.1. The summed E-state index contributed by atoms with van der Waals surface area (Å²) in [6.45, 7) is 7.16. The molecule has 0 saturated carbocycles. The molecule has 0 heterocycles. The highest BCUT2D eigenvalue weighted by Crippen LogP contribution is 2.14. The quantitative estimate of drug-likeness (QED) is 0.767. The zero-order valence-electron chi connectivity index (χ0n) is 14.2. The largest absolute Gasteiger partial charge is 0.493 e. The van der Waals surface area contributed by atoms with Crippen LogP contribution in [-0.4, -0.2) is 23.5 Å². The fraction of sp³-hybridized carbons (Fsp3) is 0.350. The van der Waals surface area contributed by atoms with Crippen molar-refractivity contribution in [3.05, 3.63) is 65.7 Å². The third-order valence-electron chi connectivity index (χ3n) is 3.71. The van der Waals surface area contributed by atoms with Gasteiger partial charge in [0.25, 0.3) is 0 Å². The van der Waals surface area contributed by atoms with Crippen molar-refractivity contribution in [2.75, 3.05) is 6.61 Å². The summed E-state index contributed by atoms with van der Waals surface area (Å²) in [6, 6.07) is 18.1. The molecule has 122 valence electrons. The Morgan fingerprint density at radius 2 is 1.83 bits per heavy atom. The Balaban J connectivity index is 1.88. The van der Waals surface area contributed by atoms with E-state index >= 15 is 0 Å². The highest BCUT2D eigenvalue weighted by Gasteiger charge is 2.17. The van der Waals surface area contributed by atoms with E-state index in [1.807, 2.05) is 80.3 Å². The lowest BCUT2D eigenvalue weighted by molar-refractivity contribution is -0.134. The third-order valence-corrected chi connectivity index (χ3v) is 3.71. The van der Waals surface area contributed by atoms with Crippen LogP contribution < -0.4 is 4.74 Å². The maximum absolute atomic E-state index is 12.5. The lowest BCUT2D eigenvalue weighted by Crippen LogP contribution is -2.37. The van der Waals surface area contributed by atoms with Crippen LogP contribution >= 0.6 is 0 Å². The molecule has 2 aromatic carbocycles. The Labute approximate surface area is 138 Å². The minimum Gasteiger partial charge on any atom is -0.493 e. The number of hydrogen-bond acceptors (Lipinski definition) is 2. The molecule has 2 aromatic rings. The number of carbonyl (C=O) groups excluding carboxylic acids is 1. The van der Waals surface area contributed by atoms with E-state index < -0.39 is 0 Å². The van der Waals surface area contributed by atoms with Crippen LogP contribution in [0.5, 0.6) is 5.75 Å². The van der Waals surface area contributed by atoms with Gasteiger partial charge in [-0.25, -0.2) is 0 Å². The van der Waals surface area contributed by atoms with Crippen molar-refractivity contribution in [2.24, 2.45) is 0 Å². The van der Waals surface area contributed by atoms with Crippen LogP contribution in [0.15, 0.2) is 54.6 Å². The van der Waals surface area contributed by atoms with Gasteiger partial charge in [0, 0.05) is 12.6 Å². The normalized spacial score (nSPS) is 10.6. The molecule has 3 heteroatoms. The number of ether oxygens (including phenoxy) is 1. The standard InChI is InChI=1S/C20H25NO2/c1-16(2)21(15-18-9-5-4-6-10-18)20(22)12-13-23-19-11-7-8-17(3)14-19/h4-11,14,16H,12-13,15H2,1-3H3. The first-order valence-electron chi connectivity index (χ1n) is 8.09. The Bertz CT molecular complexity index is 623. The van der Waals surface area contributed by atoms with E-state index in [4.69, 9.17) is 4.74 Å². The van der Waals surface area contributed by atoms with Crippen molar-refractivity contribution in [1.29, 1.82) is 0 Å². The maximum Gasteiger partial charge on any atom is 0.226 e. The molecule has 0 saturated heterocycles. The number of rotatable bonds is 7. The first-order valence-corrected chi connectivity index (χ1v) is 8.09. The number of hydrogen-bond donors (Lipinski definition) is 0. The third kappa shape index (κ3) is 5.44. The smallest absolute Gasteiger partial charge is 0.226 e. The molecule has 0 radical (unpaired) electrons. The summed E-state index contributed by atoms with van der Waals surface area (Å²) in [4.78, 5) is 14.4. The van der Waals surface area contributed by atoms with Crippen molar-refractivity contribution in [2.45, 2.75) is 39.8 Å². The minimum absolute atomic E-state index is 0.122. The summed E-state index contributed by atoms with van der Waals surface area (Å²) in [6.07, 6.45) is 0.388. The lowest BCUT2D eigenvalue weighted by Gasteiger charge is -2.27. The fourth-order valence-corrected chi connectivity index (χ4v) is 2.44. The van der Waals surface area contributed by atoms with Gasteiger partial charge in [0.1, 0.15) is 5.75 Å². The van der Waals surface area contributed by atoms with E-state index in [9.17, 15) is 4.79 Å². The molecule has 0 aliphatic heterocycles. The fourth-order valence-electron chi connectivity index (χ4n) is 2.44. The van der Waals surface area contributed by atoms with Gasteiger partial charge in [-0.05, 0) is 44.0 Å². The predicted molar refractivity (Wildman–Crippen MR) is 93.4 cm³/mol. The van der Waals surface area contributed by atoms with Crippen molar-refractivity contribution >= 4 is 5.91 Å². The number of benzene rings is 2. The first kappa shape index (κ1) is 17.1. The van der Waals surface area contributed by atoms with Crippen molar-refractivity contribution < 1.29 is 9.53 Å². The van der Waals surface area contributed by atoms with E-state index in [2.05, 4.69) is 0 Å². The molecule has 0 aromatic heterocycles. The number of amides is 1. The van der Waals surface area contributed by atoms with Gasteiger partial charge in [-0.2, -0.15) is 0 Å². The van der Waals surface area contributed by atoms with Crippen molar-refractivity contribution in [3.8, 4) is 5.75 Å². The zero-order chi connectivity index (χ0) is 16.7. The average Bonchev–Trinajstić information content (AvgIpc) is 2.53. The predicted octanol–water partition coefficient (Wildman–Crippen LogP) is 4.20. The van der Waals surface area contributed by atoms with E-state index in [0.717, 1.165) is 16.9 Å². The summed E-state index contributed by atoms with van der Waals surface area (Å²) < 4.78 is 5.69. The highest BCUT2D eigenvalue weighted by molar-refractivity contribution is 5.76. The Kier molecular flexibility index (Phi) is 6.21. The van der Waals surface area contributed by atoms with Crippen LogP contribution in [0.1, 0.15) is 31.4 Å². The summed E-state index contributed by atoms with van der Waals surface area (Å²) in [5.41, 5.74) is 2.30. The van der Waals surface area contributed by atoms with E-state index in [0.29, 0.717) is 19.6 Å². The molecule has 0 fully saturated rings. The van der Waals surface area contributed by atoms with Crippen LogP contribution in [0.2, 0.25) is 0 Å². The molecule has 23 heavy (non-hydrogen) atoms. The van der Waals surface area contributed by atoms with Crippen LogP contribution in [-0.2, 0) is 11.3 Å². The second-order valence-electron chi connectivity index (χ2n) is 6.02. The van der Waals surface area contributed by atoms with Crippen molar-refractivity contribution in [3.63, 3.8) is 0 Å². The summed E-state index contributed by atoms with van der Waals surface area (Å²) in [7, 11) is 0. The number of aryl methyl sites for hydroxylation is 1. The zero-order valence-corrected chi connectivity index (χ0v) is 14.2. The summed E-state index contributed by atoms with van der Waals surface area (Å²) in [5.74, 6) is 0.938. The molecule has 0 aliphatic carbocycles. The van der Waals surface area contributed by atoms with Crippen LogP contribution in [0.3, 0.4) is 0 Å². The molecule has 0 atom stereocenters. The van der Waals surface area contributed by atoms with Gasteiger partial charge in [0.05, 0.1) is 13.0 Å². The summed E-state index contributed by atoms with van der Waals surface area (Å²) in [5, 5.41) is 0. The monoisotopic (exact) mass is 311 g/mol. The van der Waals surface area contributed by atoms with E-state index in [1.54, 1.807) is 0 Å². The van der Waals surface area contributed by atoms with Gasteiger partial charge >= 0.3 is 0 Å². The second-order valence-corrected chi connectivity index (χ2v) is 6.02. The molecule has 0 N–H and O–H groups in total. The lowest BCUT2D eigenvalue weighted by atomic mass is 10.2. The van der Waals surface area contributed by atoms with Crippen LogP contribution in [0, 0.1) is 6.92 Å². The van der Waals surface area contributed by atoms with Gasteiger partial charge in [0.15, 0.2) is 0 Å². The topological polar surface area (TPSA) is 29.5 Å². The minimum atomic E-state index is 0.122. The molecule has 2 rings (SSSR count). The SMILES string of the molecule is Cc1cccc(OCCC(=O)N(Cc2ccccc2)C(C)C)c1. The molecule has 0 spiro atoms. The van der Waals surface area contributed by atoms with Crippen LogP contribution in [0.25, 0.3) is 0 Å². The Hall–Kier alpha value is -2.29. The number of nitrogens with zero attached hydrogens (tertiary/aromatic N) is 1. The van der Waals surface area contributed by atoms with Crippen LogP contribution in [0.4, 0.5) is 0 Å². The molecular formula is C20H25NO2. The maximum atomic E-state index is 12.5. The molecule has 0 unspecified atom stereocenters. The van der Waals surface area contributed by atoms with E-state index in [1.165, 1.54) is 0 Å². The van der Waals surface area contributed by atoms with Gasteiger partial charge < -0.3 is 9.64 Å². The van der Waals surface area contributed by atoms with Gasteiger partial charge in [-0.3, -0.25) is 4.79 Å². The molecule has 0 aliphatic rings. The second kappa shape index (κ2) is 8.37. The highest BCUT2D eigenvalue weighted by atomic mass is 16.5. The van der Waals surface area contributed by atoms with Gasteiger partial charge in [-0.15, -0.1) is 0 Å². The van der Waals surface area contributed by atoms with Crippen molar-refractivity contribution in [1.82, 2.24) is 4.90 Å². The Morgan fingerprint density at radius 3 is 2.48 bits per heavy atom. The van der Waals surface area contributed by atoms with Gasteiger partial charge in [0.2, 0.25) is 5.91 Å². The molecule has 0 bridgehead atoms. The molecule has 1 amide bonds. The molecular weight excluding hydrogens is 286 g/mol.